The van der Waals surface area contributed by atoms with E-state index in [1.165, 1.54) is 6.07 Å². The number of allylic oxidation sites excluding steroid dienone is 1. The standard InChI is InChI=1S/C38H50N2O8S/c1-24-8-6-10-33(46-5)29-14-11-26(29)21-40-22-38(17-7-9-25-18-27(41)12-15-31(25)38)23-47-34-16-13-28(19-32(34)40)49(44,45)39-36(43)30(24)20-35(42)48-37(2,3)4/h6,10,12-13,15-16,18-19,24,26,29-30,33,41H,7-9,11,14,17,20-23H2,1-5H3,(H,39,43)/b10-6+/t24-,26-,29+,30+,33+,38-/m0/s1. The van der Waals surface area contributed by atoms with Crippen LogP contribution in [0.1, 0.15) is 77.3 Å². The van der Waals surface area contributed by atoms with Gasteiger partial charge < -0.3 is 24.2 Å². The van der Waals surface area contributed by atoms with Gasteiger partial charge >= 0.3 is 5.97 Å². The van der Waals surface area contributed by atoms with E-state index in [0.29, 0.717) is 43.5 Å². The molecule has 1 saturated carbocycles. The number of aryl methyl sites for hydroxylation is 1. The molecule has 0 aromatic heterocycles. The van der Waals surface area contributed by atoms with Gasteiger partial charge in [-0.15, -0.1) is 0 Å². The smallest absolute Gasteiger partial charge is 0.307 e. The number of ether oxygens (including phenoxy) is 3. The van der Waals surface area contributed by atoms with Crippen LogP contribution in [0.15, 0.2) is 53.4 Å². The largest absolute Gasteiger partial charge is 0.508 e. The summed E-state index contributed by atoms with van der Waals surface area (Å²) in [6.07, 6.45) is 8.87. The number of nitrogens with zero attached hydrogens (tertiary/aromatic N) is 1. The molecule has 11 heteroatoms. The van der Waals surface area contributed by atoms with E-state index in [2.05, 4.69) is 15.7 Å². The first-order valence-electron chi connectivity index (χ1n) is 17.5. The lowest BCUT2D eigenvalue weighted by Crippen LogP contribution is -2.49. The third-order valence-corrected chi connectivity index (χ3v) is 12.2. The van der Waals surface area contributed by atoms with Crippen LogP contribution in [0, 0.1) is 23.7 Å². The molecule has 49 heavy (non-hydrogen) atoms. The first-order chi connectivity index (χ1) is 23.2. The number of phenols is 1. The second kappa shape index (κ2) is 13.6. The van der Waals surface area contributed by atoms with E-state index in [0.717, 1.165) is 43.2 Å². The highest BCUT2D eigenvalue weighted by Crippen LogP contribution is 2.47. The summed E-state index contributed by atoms with van der Waals surface area (Å²) in [6, 6.07) is 10.4. The van der Waals surface area contributed by atoms with Crippen LogP contribution in [-0.4, -0.2) is 63.9 Å². The maximum absolute atomic E-state index is 13.9. The van der Waals surface area contributed by atoms with Gasteiger partial charge in [-0.3, -0.25) is 9.59 Å². The molecule has 10 nitrogen and oxygen atoms in total. The normalized spacial score (nSPS) is 30.4. The minimum absolute atomic E-state index is 0.0475. The van der Waals surface area contributed by atoms with Crippen molar-refractivity contribution in [3.63, 3.8) is 0 Å². The molecule has 2 aliphatic heterocycles. The van der Waals surface area contributed by atoms with Crippen LogP contribution in [0.25, 0.3) is 0 Å². The highest BCUT2D eigenvalue weighted by atomic mass is 32.2. The molecule has 0 radical (unpaired) electrons. The van der Waals surface area contributed by atoms with E-state index in [4.69, 9.17) is 14.2 Å². The number of esters is 1. The summed E-state index contributed by atoms with van der Waals surface area (Å²) in [7, 11) is -2.59. The van der Waals surface area contributed by atoms with Crippen molar-refractivity contribution in [3.8, 4) is 11.5 Å². The van der Waals surface area contributed by atoms with Crippen molar-refractivity contribution in [2.75, 3.05) is 31.7 Å². The summed E-state index contributed by atoms with van der Waals surface area (Å²) in [5, 5.41) is 10.3. The summed E-state index contributed by atoms with van der Waals surface area (Å²) in [4.78, 5) is 28.9. The molecule has 266 valence electrons. The number of benzene rings is 2. The predicted octanol–water partition coefficient (Wildman–Crippen LogP) is 5.66. The third-order valence-electron chi connectivity index (χ3n) is 10.9. The molecule has 1 spiro atoms. The van der Waals surface area contributed by atoms with Crippen molar-refractivity contribution < 1.29 is 37.3 Å². The molecule has 1 fully saturated rings. The summed E-state index contributed by atoms with van der Waals surface area (Å²) < 4.78 is 48.2. The Balaban J connectivity index is 1.40. The Morgan fingerprint density at radius 3 is 2.67 bits per heavy atom. The highest BCUT2D eigenvalue weighted by Gasteiger charge is 2.45. The maximum atomic E-state index is 13.9. The molecule has 2 N–H and O–H groups in total. The summed E-state index contributed by atoms with van der Waals surface area (Å²) in [5.41, 5.74) is 1.83. The van der Waals surface area contributed by atoms with Crippen molar-refractivity contribution in [3.05, 3.63) is 59.7 Å². The summed E-state index contributed by atoms with van der Waals surface area (Å²) >= 11 is 0. The second-order valence-corrected chi connectivity index (χ2v) is 17.2. The molecule has 4 aliphatic rings. The molecule has 0 saturated heterocycles. The van der Waals surface area contributed by atoms with Crippen LogP contribution >= 0.6 is 0 Å². The first kappa shape index (κ1) is 35.3. The molecule has 1 amide bonds. The van der Waals surface area contributed by atoms with Gasteiger partial charge in [0.2, 0.25) is 5.91 Å². The van der Waals surface area contributed by atoms with Gasteiger partial charge in [-0.2, -0.15) is 0 Å². The number of methoxy groups -OCH3 is 1. The van der Waals surface area contributed by atoms with Gasteiger partial charge in [-0.25, -0.2) is 13.1 Å². The Kier molecular flexibility index (Phi) is 9.80. The Labute approximate surface area is 290 Å². The molecule has 6 atom stereocenters. The number of carbonyl (C=O) groups is 2. The van der Waals surface area contributed by atoms with Crippen LogP contribution in [0.5, 0.6) is 11.5 Å². The average molecular weight is 695 g/mol. The summed E-state index contributed by atoms with van der Waals surface area (Å²) in [6.45, 7) is 8.83. The first-order valence-corrected chi connectivity index (χ1v) is 19.0. The average Bonchev–Trinajstić information content (AvgIpc) is 3.16. The number of carbonyl (C=O) groups excluding carboxylic acids is 2. The molecular weight excluding hydrogens is 644 g/mol. The molecule has 0 unspecified atom stereocenters. The Bertz CT molecular complexity index is 1720. The Hall–Kier alpha value is -3.57. The fourth-order valence-corrected chi connectivity index (χ4v) is 9.23. The molecule has 2 aromatic rings. The van der Waals surface area contributed by atoms with E-state index in [1.54, 1.807) is 46.1 Å². The minimum Gasteiger partial charge on any atom is -0.508 e. The van der Waals surface area contributed by atoms with Crippen LogP contribution in [0.2, 0.25) is 0 Å². The van der Waals surface area contributed by atoms with Crippen molar-refractivity contribution in [2.24, 2.45) is 23.7 Å². The SMILES string of the molecule is CO[C@@H]1/C=C/C[C@H](C)[C@@H](CC(=O)OC(C)(C)C)C(=O)NS(=O)(=O)c2ccc3c(c2)N(C[C@@H]2CC[C@H]21)C[C@@]1(CCCc2cc(O)ccc21)CO3. The van der Waals surface area contributed by atoms with E-state index < -0.39 is 33.4 Å². The minimum atomic E-state index is -4.31. The zero-order valence-electron chi connectivity index (χ0n) is 29.2. The lowest BCUT2D eigenvalue weighted by atomic mass is 9.68. The molecule has 2 aliphatic carbocycles. The van der Waals surface area contributed by atoms with Crippen molar-refractivity contribution in [1.82, 2.24) is 4.72 Å². The molecular formula is C38H50N2O8S. The van der Waals surface area contributed by atoms with Gasteiger partial charge in [0, 0.05) is 25.6 Å². The number of amides is 1. The number of sulfonamides is 1. The zero-order valence-corrected chi connectivity index (χ0v) is 30.1. The Morgan fingerprint density at radius 2 is 1.96 bits per heavy atom. The van der Waals surface area contributed by atoms with E-state index >= 15 is 0 Å². The molecule has 2 aromatic carbocycles. The molecule has 6 rings (SSSR count). The fourth-order valence-electron chi connectivity index (χ4n) is 8.19. The summed E-state index contributed by atoms with van der Waals surface area (Å²) in [5.74, 6) is -1.21. The number of hydrogen-bond donors (Lipinski definition) is 2. The number of fused-ring (bicyclic) bond motifs is 4. The number of anilines is 1. The van der Waals surface area contributed by atoms with E-state index in [9.17, 15) is 23.1 Å². The molecule has 2 heterocycles. The number of aromatic hydroxyl groups is 1. The van der Waals surface area contributed by atoms with Crippen LogP contribution in [-0.2, 0) is 40.9 Å². The molecule has 2 bridgehead atoms. The third kappa shape index (κ3) is 7.48. The fraction of sp³-hybridized carbons (Fsp3) is 0.579. The number of hydrogen-bond acceptors (Lipinski definition) is 9. The van der Waals surface area contributed by atoms with E-state index in [1.807, 2.05) is 25.1 Å². The topological polar surface area (TPSA) is 131 Å². The number of nitrogens with one attached hydrogen (secondary N) is 1. The van der Waals surface area contributed by atoms with Crippen molar-refractivity contribution >= 4 is 27.6 Å². The van der Waals surface area contributed by atoms with Crippen molar-refractivity contribution in [1.29, 1.82) is 0 Å². The monoisotopic (exact) mass is 694 g/mol. The van der Waals surface area contributed by atoms with Gasteiger partial charge in [0.1, 0.15) is 17.1 Å². The van der Waals surface area contributed by atoms with Gasteiger partial charge in [0.25, 0.3) is 10.0 Å². The maximum Gasteiger partial charge on any atom is 0.307 e. The lowest BCUT2D eigenvalue weighted by molar-refractivity contribution is -0.157. The quantitative estimate of drug-likeness (QED) is 0.309. The van der Waals surface area contributed by atoms with Crippen molar-refractivity contribution in [2.45, 2.75) is 94.7 Å². The van der Waals surface area contributed by atoms with Gasteiger partial charge in [-0.05, 0) is 119 Å². The van der Waals surface area contributed by atoms with Gasteiger partial charge in [-0.1, -0.05) is 25.1 Å². The lowest BCUT2D eigenvalue weighted by Gasteiger charge is -2.46. The zero-order chi connectivity index (χ0) is 35.1. The Morgan fingerprint density at radius 1 is 1.16 bits per heavy atom. The second-order valence-electron chi connectivity index (χ2n) is 15.5. The highest BCUT2D eigenvalue weighted by molar-refractivity contribution is 7.90. The van der Waals surface area contributed by atoms with Gasteiger partial charge in [0.15, 0.2) is 0 Å². The van der Waals surface area contributed by atoms with Crippen LogP contribution in [0.3, 0.4) is 0 Å². The predicted molar refractivity (Wildman–Crippen MR) is 186 cm³/mol. The van der Waals surface area contributed by atoms with Gasteiger partial charge in [0.05, 0.1) is 35.6 Å². The van der Waals surface area contributed by atoms with E-state index in [-0.39, 0.29) is 40.4 Å². The number of phenolic OH excluding ortho intramolecular Hbond substituents is 1. The number of rotatable bonds is 3. The van der Waals surface area contributed by atoms with Crippen LogP contribution < -0.4 is 14.4 Å². The van der Waals surface area contributed by atoms with Crippen LogP contribution in [0.4, 0.5) is 5.69 Å².